The van der Waals surface area contributed by atoms with E-state index in [2.05, 4.69) is 21.4 Å². The van der Waals surface area contributed by atoms with Gasteiger partial charge in [-0.3, -0.25) is 43.4 Å². The summed E-state index contributed by atoms with van der Waals surface area (Å²) in [5.41, 5.74) is 18.8. The van der Waals surface area contributed by atoms with E-state index in [0.29, 0.717) is 45.3 Å². The Morgan fingerprint density at radius 1 is 0.481 bits per heavy atom. The van der Waals surface area contributed by atoms with E-state index in [1.165, 1.54) is 255 Å². The normalized spacial score (nSPS) is 20.9. The number of hydrazine groups is 1. The molecule has 18 heteroatoms. The van der Waals surface area contributed by atoms with Gasteiger partial charge in [0, 0.05) is 77.8 Å². The molecule has 0 spiro atoms. The minimum atomic E-state index is -0.946. The Morgan fingerprint density at radius 2 is 0.778 bits per heavy atom. The lowest BCUT2D eigenvalue weighted by Gasteiger charge is -2.24. The number of rotatable bonds is 15. The lowest BCUT2D eigenvalue weighted by atomic mass is 10.0. The van der Waals surface area contributed by atoms with Crippen molar-refractivity contribution in [2.75, 3.05) is 33.7 Å². The average molecular weight is 1150 g/mol. The Bertz CT molecular complexity index is 1470. The summed E-state index contributed by atoms with van der Waals surface area (Å²) in [7, 11) is 2.99. The summed E-state index contributed by atoms with van der Waals surface area (Å²) in [5.74, 6) is -2.87. The molecule has 0 aromatic rings. The molecule has 2 unspecified atom stereocenters. The van der Waals surface area contributed by atoms with E-state index in [0.717, 1.165) is 0 Å². The number of carboxylic acid groups (broad SMARTS) is 1. The van der Waals surface area contributed by atoms with Gasteiger partial charge in [-0.05, 0) is 12.8 Å². The predicted molar refractivity (Wildman–Crippen MR) is 327 cm³/mol. The molecule has 2 saturated carbocycles. The highest BCUT2D eigenvalue weighted by molar-refractivity contribution is 5.88. The number of nitrogens with one attached hydrogen (secondary N) is 4. The molecule has 7 amide bonds. The highest BCUT2D eigenvalue weighted by Crippen LogP contribution is 2.22. The molecule has 4 rings (SSSR count). The summed E-state index contributed by atoms with van der Waals surface area (Å²) in [6.45, 7) is 4.74. The molecule has 2 aliphatic carbocycles. The van der Waals surface area contributed by atoms with Crippen molar-refractivity contribution in [3.05, 3.63) is 0 Å². The van der Waals surface area contributed by atoms with Gasteiger partial charge >= 0.3 is 5.97 Å². The van der Waals surface area contributed by atoms with Gasteiger partial charge in [0.1, 0.15) is 12.1 Å². The van der Waals surface area contributed by atoms with Crippen molar-refractivity contribution in [1.82, 2.24) is 31.3 Å². The number of hydrogen-bond acceptors (Lipinski definition) is 10. The van der Waals surface area contributed by atoms with Crippen molar-refractivity contribution in [1.29, 1.82) is 0 Å². The van der Waals surface area contributed by atoms with Crippen LogP contribution < -0.4 is 38.6 Å². The molecule has 2 heterocycles. The number of primary amides is 2. The predicted octanol–water partition coefficient (Wildman–Crippen LogP) is 10.7. The van der Waals surface area contributed by atoms with E-state index >= 15 is 0 Å². The number of nitrogens with two attached hydrogens (primary N) is 3. The van der Waals surface area contributed by atoms with Gasteiger partial charge in [-0.1, -0.05) is 245 Å². The quantitative estimate of drug-likeness (QED) is 0.0763. The van der Waals surface area contributed by atoms with Crippen molar-refractivity contribution < 1.29 is 43.5 Å². The maximum atomic E-state index is 11.9. The third-order valence-corrected chi connectivity index (χ3v) is 15.9. The number of carboxylic acids is 1. The van der Waals surface area contributed by atoms with E-state index in [1.807, 2.05) is 0 Å². The summed E-state index contributed by atoms with van der Waals surface area (Å²) in [6, 6.07) is -1.23. The van der Waals surface area contributed by atoms with Crippen LogP contribution in [-0.2, 0) is 38.4 Å². The summed E-state index contributed by atoms with van der Waals surface area (Å²) >= 11 is 0. The highest BCUT2D eigenvalue weighted by atomic mass is 16.4. The van der Waals surface area contributed by atoms with Crippen molar-refractivity contribution >= 4 is 47.3 Å². The number of carbonyl (C=O) groups is 8. The van der Waals surface area contributed by atoms with Crippen molar-refractivity contribution in [3.8, 4) is 0 Å². The van der Waals surface area contributed by atoms with E-state index < -0.39 is 29.9 Å². The average Bonchev–Trinajstić information content (AvgIpc) is 4.08. The summed E-state index contributed by atoms with van der Waals surface area (Å²) < 4.78 is 0. The van der Waals surface area contributed by atoms with Gasteiger partial charge in [0.2, 0.25) is 41.4 Å². The van der Waals surface area contributed by atoms with Crippen LogP contribution in [0.25, 0.3) is 0 Å². The summed E-state index contributed by atoms with van der Waals surface area (Å²) in [6.07, 6.45) is 55.8. The van der Waals surface area contributed by atoms with E-state index in [4.69, 9.17) is 22.3 Å². The van der Waals surface area contributed by atoms with Gasteiger partial charge in [-0.25, -0.2) is 5.43 Å². The Balaban J connectivity index is 0.00000101. The largest absolute Gasteiger partial charge is 0.481 e. The first kappa shape index (κ1) is 76.7. The Labute approximate surface area is 491 Å². The van der Waals surface area contributed by atoms with Crippen LogP contribution in [0.1, 0.15) is 296 Å². The van der Waals surface area contributed by atoms with E-state index in [-0.39, 0.29) is 67.2 Å². The maximum absolute atomic E-state index is 11.9. The van der Waals surface area contributed by atoms with Crippen molar-refractivity contribution in [2.45, 2.75) is 314 Å². The fourth-order valence-electron chi connectivity index (χ4n) is 10.8. The van der Waals surface area contributed by atoms with Crippen LogP contribution in [0, 0.1) is 5.92 Å². The highest BCUT2D eigenvalue weighted by Gasteiger charge is 2.36. The topological polar surface area (TPSA) is 289 Å². The van der Waals surface area contributed by atoms with Gasteiger partial charge in [-0.2, -0.15) is 0 Å². The van der Waals surface area contributed by atoms with Crippen LogP contribution in [0.3, 0.4) is 0 Å². The molecule has 472 valence electrons. The number of aliphatic carboxylic acids is 1. The fraction of sp³-hybridized carbons (Fsp3) is 0.873. The molecule has 11 N–H and O–H groups in total. The van der Waals surface area contributed by atoms with Crippen molar-refractivity contribution in [2.24, 2.45) is 23.1 Å². The zero-order valence-corrected chi connectivity index (χ0v) is 51.9. The number of carbonyl (C=O) groups excluding carboxylic acids is 7. The first-order valence-corrected chi connectivity index (χ1v) is 32.7. The molecule has 4 atom stereocenters. The minimum Gasteiger partial charge on any atom is -0.481 e. The molecular weight excluding hydrogens is 1030 g/mol. The van der Waals surface area contributed by atoms with Crippen LogP contribution in [0.2, 0.25) is 0 Å². The zero-order valence-electron chi connectivity index (χ0n) is 51.9. The molecule has 0 radical (unpaired) electrons. The molecule has 4 aliphatic rings. The molecule has 4 fully saturated rings. The van der Waals surface area contributed by atoms with Gasteiger partial charge in [-0.15, -0.1) is 0 Å². The maximum Gasteiger partial charge on any atom is 0.303 e. The fourth-order valence-corrected chi connectivity index (χ4v) is 10.8. The molecule has 81 heavy (non-hydrogen) atoms. The third kappa shape index (κ3) is 44.0. The van der Waals surface area contributed by atoms with Crippen LogP contribution >= 0.6 is 0 Å². The smallest absolute Gasteiger partial charge is 0.303 e. The number of amides is 7. The van der Waals surface area contributed by atoms with Crippen LogP contribution in [0.5, 0.6) is 0 Å². The molecule has 0 aromatic carbocycles. The second kappa shape index (κ2) is 53.7. The Hall–Kier alpha value is -4.32. The van der Waals surface area contributed by atoms with Crippen molar-refractivity contribution in [3.63, 3.8) is 0 Å². The van der Waals surface area contributed by atoms with Crippen LogP contribution in [0.4, 0.5) is 0 Å². The van der Waals surface area contributed by atoms with Gasteiger partial charge in [0.25, 0.3) is 0 Å². The number of hydrogen-bond donors (Lipinski definition) is 8. The second-order valence-corrected chi connectivity index (χ2v) is 23.1. The summed E-state index contributed by atoms with van der Waals surface area (Å²) in [4.78, 5) is 90.1. The second-order valence-electron chi connectivity index (χ2n) is 23.1. The monoisotopic (exact) mass is 1150 g/mol. The van der Waals surface area contributed by atoms with E-state index in [9.17, 15) is 38.4 Å². The molecule has 18 nitrogen and oxygen atoms in total. The lowest BCUT2D eigenvalue weighted by molar-refractivity contribution is -0.138. The summed E-state index contributed by atoms with van der Waals surface area (Å²) in [5, 5.41) is 16.9. The van der Waals surface area contributed by atoms with Crippen LogP contribution in [0.15, 0.2) is 0 Å². The van der Waals surface area contributed by atoms with Gasteiger partial charge in [0.15, 0.2) is 0 Å². The molecule has 0 bridgehead atoms. The Morgan fingerprint density at radius 3 is 1.02 bits per heavy atom. The number of nitrogens with zero attached hydrogens (tertiary/aromatic N) is 2. The molecule has 2 saturated heterocycles. The SMILES string of the molecule is C1CCCCCCCCCCCCCCCCC1.C1CCCCCCCCCCCCCCCCC1.CC[C@H](C(N)=O)N1CC(CNC(=O)CCC(=O)NC)CC1=O.CC[C@H](C(N)=O)N1NC(CN)CC1=O.CNC(=O)CCC(=O)O. The molecular formula is C63H121N9O9. The van der Waals surface area contributed by atoms with Gasteiger partial charge < -0.3 is 43.2 Å². The minimum absolute atomic E-state index is 0.0372. The molecule has 2 aliphatic heterocycles. The zero-order chi connectivity index (χ0) is 60.1. The van der Waals surface area contributed by atoms with E-state index in [1.54, 1.807) is 13.8 Å². The lowest BCUT2D eigenvalue weighted by Crippen LogP contribution is -2.51. The first-order valence-electron chi connectivity index (χ1n) is 32.7. The third-order valence-electron chi connectivity index (χ3n) is 15.9. The van der Waals surface area contributed by atoms with Crippen LogP contribution in [-0.4, -0.2) is 114 Å². The van der Waals surface area contributed by atoms with Gasteiger partial charge in [0.05, 0.1) is 6.42 Å². The molecule has 0 aromatic heterocycles. The standard InChI is InChI=1S/2C18H36.C14H24N4O4.C8H16N4O2.C5H9NO3/c2*1-2-4-6-8-10-12-14-16-18-17-15-13-11-9-7-5-3-1;1-3-10(14(15)22)18-8-9(6-13(18)21)7-17-12(20)5-4-11(19)16-2;1-2-6(8(10)14)12-7(13)3-5(4-9)11-12;1-6-4(7)2-3-5(8)9/h2*1-18H2;9-10H,3-8H2,1-2H3,(H2,15,22)(H,16,19)(H,17,20);5-6,11H,2-4,9H2,1H3,(H2,10,14);2-3H2,1H3,(H,6,7)(H,8,9)/t;;9?,10-;5?,6-;/m..11./s1. The first-order chi connectivity index (χ1) is 39.1. The Kier molecular flexibility index (Phi) is 50.8. The number of likely N-dealkylation sites (tertiary alicyclic amines) is 1.